The van der Waals surface area contributed by atoms with E-state index in [0.717, 1.165) is 18.6 Å². The van der Waals surface area contributed by atoms with Crippen LogP contribution in [0.5, 0.6) is 5.75 Å². The van der Waals surface area contributed by atoms with Gasteiger partial charge in [0.15, 0.2) is 0 Å². The zero-order valence-electron chi connectivity index (χ0n) is 13.4. The summed E-state index contributed by atoms with van der Waals surface area (Å²) in [6.07, 6.45) is 3.19. The van der Waals surface area contributed by atoms with Crippen LogP contribution in [0.1, 0.15) is 44.7 Å². The Morgan fingerprint density at radius 3 is 2.50 bits per heavy atom. The Morgan fingerprint density at radius 1 is 1.15 bits per heavy atom. The Balaban J connectivity index is 2.35. The standard InChI is InChI=1S/C17H26O2Si/c1-17(2,3)20(4,5)19-16-11-6-8-13-12-14(18)9-7-10-15(13)16/h6,8,11H,7,9-10,12H2,1-5H3. The van der Waals surface area contributed by atoms with Gasteiger partial charge in [0.1, 0.15) is 11.5 Å². The summed E-state index contributed by atoms with van der Waals surface area (Å²) in [6.45, 7) is 11.3. The molecule has 0 bridgehead atoms. The molecule has 0 unspecified atom stereocenters. The minimum absolute atomic E-state index is 0.191. The fourth-order valence-electron chi connectivity index (χ4n) is 2.35. The van der Waals surface area contributed by atoms with Crippen LogP contribution in [0.25, 0.3) is 0 Å². The lowest BCUT2D eigenvalue weighted by Gasteiger charge is -2.37. The van der Waals surface area contributed by atoms with Gasteiger partial charge in [-0.2, -0.15) is 0 Å². The Hall–Kier alpha value is -1.09. The van der Waals surface area contributed by atoms with Gasteiger partial charge in [0.05, 0.1) is 0 Å². The number of fused-ring (bicyclic) bond motifs is 1. The van der Waals surface area contributed by atoms with Crippen molar-refractivity contribution >= 4 is 14.1 Å². The van der Waals surface area contributed by atoms with E-state index >= 15 is 0 Å². The molecule has 3 heteroatoms. The first-order valence-electron chi connectivity index (χ1n) is 7.52. The molecule has 2 rings (SSSR count). The average Bonchev–Trinajstić information content (AvgIpc) is 2.48. The van der Waals surface area contributed by atoms with Gasteiger partial charge in [0, 0.05) is 12.8 Å². The zero-order chi connectivity index (χ0) is 15.0. The SMILES string of the molecule is CC(C)(C)[Si](C)(C)Oc1cccc2c1CCCC(=O)C2. The molecule has 2 nitrogen and oxygen atoms in total. The predicted molar refractivity (Wildman–Crippen MR) is 85.9 cm³/mol. The highest BCUT2D eigenvalue weighted by Crippen LogP contribution is 2.39. The molecule has 0 atom stereocenters. The number of hydrogen-bond donors (Lipinski definition) is 0. The van der Waals surface area contributed by atoms with Crippen molar-refractivity contribution in [1.29, 1.82) is 0 Å². The second-order valence-corrected chi connectivity index (χ2v) is 12.0. The van der Waals surface area contributed by atoms with Crippen LogP contribution in [0.2, 0.25) is 18.1 Å². The molecule has 0 aromatic heterocycles. The molecule has 1 aliphatic rings. The Labute approximate surface area is 123 Å². The molecule has 0 heterocycles. The van der Waals surface area contributed by atoms with Gasteiger partial charge in [-0.1, -0.05) is 32.9 Å². The van der Waals surface area contributed by atoms with E-state index in [2.05, 4.69) is 46.0 Å². The van der Waals surface area contributed by atoms with E-state index in [9.17, 15) is 4.79 Å². The molecule has 1 aromatic carbocycles. The molecular weight excluding hydrogens is 264 g/mol. The van der Waals surface area contributed by atoms with E-state index < -0.39 is 8.32 Å². The van der Waals surface area contributed by atoms with Crippen molar-refractivity contribution in [2.24, 2.45) is 0 Å². The van der Waals surface area contributed by atoms with E-state index in [1.807, 2.05) is 6.07 Å². The highest BCUT2D eigenvalue weighted by atomic mass is 28.4. The molecule has 0 saturated carbocycles. The highest BCUT2D eigenvalue weighted by Gasteiger charge is 2.39. The maximum absolute atomic E-state index is 11.8. The summed E-state index contributed by atoms with van der Waals surface area (Å²) in [5, 5.41) is 0.191. The maximum atomic E-state index is 11.8. The van der Waals surface area contributed by atoms with Crippen LogP contribution in [0, 0.1) is 0 Å². The summed E-state index contributed by atoms with van der Waals surface area (Å²) in [4.78, 5) is 11.8. The Bertz CT molecular complexity index is 512. The van der Waals surface area contributed by atoms with Crippen LogP contribution in [-0.2, 0) is 17.6 Å². The number of hydrogen-bond acceptors (Lipinski definition) is 2. The van der Waals surface area contributed by atoms with Gasteiger partial charge in [-0.25, -0.2) is 0 Å². The van der Waals surface area contributed by atoms with Gasteiger partial charge in [-0.15, -0.1) is 0 Å². The third kappa shape index (κ3) is 3.14. The zero-order valence-corrected chi connectivity index (χ0v) is 14.4. The summed E-state index contributed by atoms with van der Waals surface area (Å²) in [6, 6.07) is 6.19. The topological polar surface area (TPSA) is 26.3 Å². The number of Topliss-reactive ketones (excluding diaryl/α,β-unsaturated/α-hetero) is 1. The summed E-state index contributed by atoms with van der Waals surface area (Å²) in [5.41, 5.74) is 2.44. The Kier molecular flexibility index (Phi) is 4.10. The van der Waals surface area contributed by atoms with Gasteiger partial charge in [-0.3, -0.25) is 4.79 Å². The number of carbonyl (C=O) groups is 1. The molecule has 0 radical (unpaired) electrons. The lowest BCUT2D eigenvalue weighted by Crippen LogP contribution is -2.44. The third-order valence-electron chi connectivity index (χ3n) is 4.67. The minimum atomic E-state index is -1.82. The quantitative estimate of drug-likeness (QED) is 0.591. The number of rotatable bonds is 2. The fraction of sp³-hybridized carbons (Fsp3) is 0.588. The van der Waals surface area contributed by atoms with Crippen LogP contribution in [-0.4, -0.2) is 14.1 Å². The number of carbonyl (C=O) groups excluding carboxylic acids is 1. The van der Waals surface area contributed by atoms with Gasteiger partial charge >= 0.3 is 0 Å². The number of ketones is 1. The predicted octanol–water partition coefficient (Wildman–Crippen LogP) is 4.52. The van der Waals surface area contributed by atoms with Crippen LogP contribution in [0.15, 0.2) is 18.2 Å². The van der Waals surface area contributed by atoms with E-state index in [4.69, 9.17) is 4.43 Å². The largest absolute Gasteiger partial charge is 0.543 e. The molecular formula is C17H26O2Si. The fourth-order valence-corrected chi connectivity index (χ4v) is 3.39. The van der Waals surface area contributed by atoms with Crippen molar-refractivity contribution in [2.45, 2.75) is 64.6 Å². The van der Waals surface area contributed by atoms with Gasteiger partial charge in [-0.05, 0) is 48.2 Å². The van der Waals surface area contributed by atoms with Crippen molar-refractivity contribution in [3.8, 4) is 5.75 Å². The smallest absolute Gasteiger partial charge is 0.250 e. The van der Waals surface area contributed by atoms with Crippen molar-refractivity contribution in [1.82, 2.24) is 0 Å². The second kappa shape index (κ2) is 5.36. The molecule has 1 aromatic rings. The van der Waals surface area contributed by atoms with Crippen LogP contribution >= 0.6 is 0 Å². The van der Waals surface area contributed by atoms with Gasteiger partial charge in [0.2, 0.25) is 8.32 Å². The average molecular weight is 290 g/mol. The van der Waals surface area contributed by atoms with Gasteiger partial charge in [0.25, 0.3) is 0 Å². The first-order valence-corrected chi connectivity index (χ1v) is 10.4. The highest BCUT2D eigenvalue weighted by molar-refractivity contribution is 6.74. The first kappa shape index (κ1) is 15.3. The summed E-state index contributed by atoms with van der Waals surface area (Å²) < 4.78 is 6.48. The van der Waals surface area contributed by atoms with Crippen LogP contribution in [0.3, 0.4) is 0 Å². The molecule has 1 aliphatic carbocycles. The molecule has 0 N–H and O–H groups in total. The lowest BCUT2D eigenvalue weighted by atomic mass is 10.0. The minimum Gasteiger partial charge on any atom is -0.543 e. The van der Waals surface area contributed by atoms with Crippen LogP contribution < -0.4 is 4.43 Å². The molecule has 0 spiro atoms. The first-order chi connectivity index (χ1) is 9.21. The third-order valence-corrected chi connectivity index (χ3v) is 9.01. The van der Waals surface area contributed by atoms with Crippen molar-refractivity contribution in [3.63, 3.8) is 0 Å². The van der Waals surface area contributed by atoms with Crippen LogP contribution in [0.4, 0.5) is 0 Å². The molecule has 0 aliphatic heterocycles. The molecule has 0 fully saturated rings. The van der Waals surface area contributed by atoms with Gasteiger partial charge < -0.3 is 4.43 Å². The van der Waals surface area contributed by atoms with Crippen molar-refractivity contribution < 1.29 is 9.22 Å². The van der Waals surface area contributed by atoms with E-state index in [1.54, 1.807) is 0 Å². The molecule has 110 valence electrons. The van der Waals surface area contributed by atoms with Crippen molar-refractivity contribution in [2.75, 3.05) is 0 Å². The normalized spacial score (nSPS) is 16.6. The monoisotopic (exact) mass is 290 g/mol. The molecule has 0 amide bonds. The van der Waals surface area contributed by atoms with Crippen molar-refractivity contribution in [3.05, 3.63) is 29.3 Å². The Morgan fingerprint density at radius 2 is 1.85 bits per heavy atom. The summed E-state index contributed by atoms with van der Waals surface area (Å²) in [5.74, 6) is 1.37. The second-order valence-electron chi connectivity index (χ2n) is 7.33. The van der Waals surface area contributed by atoms with E-state index in [-0.39, 0.29) is 5.04 Å². The lowest BCUT2D eigenvalue weighted by molar-refractivity contribution is -0.118. The molecule has 20 heavy (non-hydrogen) atoms. The van der Waals surface area contributed by atoms with E-state index in [1.165, 1.54) is 11.1 Å². The van der Waals surface area contributed by atoms with E-state index in [0.29, 0.717) is 18.6 Å². The maximum Gasteiger partial charge on any atom is 0.250 e. The summed E-state index contributed by atoms with van der Waals surface area (Å²) in [7, 11) is -1.82. The molecule has 0 saturated heterocycles. The summed E-state index contributed by atoms with van der Waals surface area (Å²) >= 11 is 0. The number of benzene rings is 1.